The number of ether oxygens (including phenoxy) is 1. The first kappa shape index (κ1) is 20.3. The zero-order valence-electron chi connectivity index (χ0n) is 17.0. The summed E-state index contributed by atoms with van der Waals surface area (Å²) in [5, 5.41) is 0.424. The molecular weight excluding hydrogens is 402 g/mol. The zero-order chi connectivity index (χ0) is 21.3. The van der Waals surface area contributed by atoms with E-state index in [0.29, 0.717) is 53.1 Å². The second-order valence-electron chi connectivity index (χ2n) is 7.22. The predicted octanol–water partition coefficient (Wildman–Crippen LogP) is 2.80. The van der Waals surface area contributed by atoms with Crippen LogP contribution < -0.4 is 11.2 Å². The van der Waals surface area contributed by atoms with Crippen molar-refractivity contribution in [3.63, 3.8) is 0 Å². The number of aromatic nitrogens is 2. The Morgan fingerprint density at radius 2 is 1.83 bits per heavy atom. The maximum atomic E-state index is 13.3. The number of carbonyl (C=O) groups is 1. The van der Waals surface area contributed by atoms with E-state index in [1.165, 1.54) is 4.57 Å². The molecule has 1 aromatic carbocycles. The molecule has 1 aliphatic rings. The van der Waals surface area contributed by atoms with Crippen LogP contribution in [-0.4, -0.2) is 34.0 Å². The van der Waals surface area contributed by atoms with Crippen LogP contribution in [0.3, 0.4) is 0 Å². The van der Waals surface area contributed by atoms with Crippen LogP contribution in [0.1, 0.15) is 34.1 Å². The van der Waals surface area contributed by atoms with Gasteiger partial charge in [0.15, 0.2) is 0 Å². The molecule has 30 heavy (non-hydrogen) atoms. The van der Waals surface area contributed by atoms with Crippen LogP contribution in [0.25, 0.3) is 10.2 Å². The molecule has 0 amide bonds. The highest BCUT2D eigenvalue weighted by atomic mass is 32.1. The summed E-state index contributed by atoms with van der Waals surface area (Å²) in [6.07, 6.45) is 1.24. The Morgan fingerprint density at radius 1 is 1.13 bits per heavy atom. The van der Waals surface area contributed by atoms with E-state index >= 15 is 0 Å². The second-order valence-corrected chi connectivity index (χ2v) is 8.21. The molecule has 0 bridgehead atoms. The van der Waals surface area contributed by atoms with Crippen molar-refractivity contribution in [2.45, 2.75) is 39.8 Å². The number of aliphatic imine (C=N–C) groups is 1. The lowest BCUT2D eigenvalue weighted by atomic mass is 10.1. The van der Waals surface area contributed by atoms with E-state index in [-0.39, 0.29) is 17.9 Å². The van der Waals surface area contributed by atoms with Gasteiger partial charge >= 0.3 is 11.7 Å². The van der Waals surface area contributed by atoms with Gasteiger partial charge in [-0.2, -0.15) is 0 Å². The van der Waals surface area contributed by atoms with Crippen molar-refractivity contribution >= 4 is 33.2 Å². The van der Waals surface area contributed by atoms with Crippen molar-refractivity contribution < 1.29 is 9.53 Å². The average molecular weight is 426 g/mol. The van der Waals surface area contributed by atoms with Crippen molar-refractivity contribution in [2.75, 3.05) is 13.2 Å². The van der Waals surface area contributed by atoms with Crippen molar-refractivity contribution in [1.29, 1.82) is 0 Å². The first-order valence-corrected chi connectivity index (χ1v) is 10.8. The fourth-order valence-corrected chi connectivity index (χ4v) is 4.73. The number of hydrogen-bond donors (Lipinski definition) is 0. The Balaban J connectivity index is 1.84. The summed E-state index contributed by atoms with van der Waals surface area (Å²) >= 11 is 1.16. The Bertz CT molecular complexity index is 1250. The number of esters is 1. The van der Waals surface area contributed by atoms with Crippen LogP contribution in [-0.2, 0) is 24.2 Å². The number of aryl methyl sites for hydroxylation is 3. The second kappa shape index (κ2) is 8.39. The van der Waals surface area contributed by atoms with Gasteiger partial charge in [0.05, 0.1) is 18.5 Å². The maximum absolute atomic E-state index is 13.3. The molecule has 0 fully saturated rings. The molecule has 8 heteroatoms. The maximum Gasteiger partial charge on any atom is 0.348 e. The number of thiophene rings is 1. The summed E-state index contributed by atoms with van der Waals surface area (Å²) in [6.45, 7) is 5.16. The largest absolute Gasteiger partial charge is 0.462 e. The Labute approximate surface area is 177 Å². The molecule has 2 aromatic heterocycles. The molecule has 4 rings (SSSR count). The molecular formula is C22H23N3O4S. The van der Waals surface area contributed by atoms with Gasteiger partial charge in [-0.1, -0.05) is 30.3 Å². The highest BCUT2D eigenvalue weighted by molar-refractivity contribution is 7.20. The zero-order valence-corrected chi connectivity index (χ0v) is 17.8. The Kier molecular flexibility index (Phi) is 5.67. The van der Waals surface area contributed by atoms with Crippen molar-refractivity contribution in [1.82, 2.24) is 9.13 Å². The highest BCUT2D eigenvalue weighted by Gasteiger charge is 2.24. The van der Waals surface area contributed by atoms with E-state index in [1.54, 1.807) is 18.4 Å². The van der Waals surface area contributed by atoms with E-state index in [2.05, 4.69) is 4.99 Å². The number of rotatable bonds is 8. The Morgan fingerprint density at radius 3 is 2.50 bits per heavy atom. The van der Waals surface area contributed by atoms with Crippen LogP contribution >= 0.6 is 11.3 Å². The highest BCUT2D eigenvalue weighted by Crippen LogP contribution is 2.28. The SMILES string of the molecule is CCOC(=O)c1sc2c(c1C)c(=O)n(CCC1=NC1)c(=O)n2CCc1ccccc1. The molecule has 0 spiro atoms. The predicted molar refractivity (Wildman–Crippen MR) is 118 cm³/mol. The van der Waals surface area contributed by atoms with Gasteiger partial charge in [-0.15, -0.1) is 11.3 Å². The first-order chi connectivity index (χ1) is 14.5. The minimum Gasteiger partial charge on any atom is -0.462 e. The third kappa shape index (κ3) is 3.87. The van der Waals surface area contributed by atoms with Gasteiger partial charge in [-0.3, -0.25) is 18.9 Å². The summed E-state index contributed by atoms with van der Waals surface area (Å²) < 4.78 is 8.06. The van der Waals surface area contributed by atoms with Gasteiger partial charge in [0.2, 0.25) is 0 Å². The molecule has 0 saturated heterocycles. The summed E-state index contributed by atoms with van der Waals surface area (Å²) in [7, 11) is 0. The smallest absolute Gasteiger partial charge is 0.348 e. The van der Waals surface area contributed by atoms with E-state index in [4.69, 9.17) is 4.74 Å². The van der Waals surface area contributed by atoms with E-state index in [1.807, 2.05) is 30.3 Å². The van der Waals surface area contributed by atoms with Crippen LogP contribution in [0, 0.1) is 6.92 Å². The average Bonchev–Trinajstić information content (AvgIpc) is 3.50. The molecule has 156 valence electrons. The van der Waals surface area contributed by atoms with Gasteiger partial charge in [0.25, 0.3) is 5.56 Å². The van der Waals surface area contributed by atoms with Gasteiger partial charge in [-0.05, 0) is 31.4 Å². The van der Waals surface area contributed by atoms with Crippen LogP contribution in [0.4, 0.5) is 0 Å². The lowest BCUT2D eigenvalue weighted by Crippen LogP contribution is -2.40. The van der Waals surface area contributed by atoms with Gasteiger partial charge in [-0.25, -0.2) is 9.59 Å². The van der Waals surface area contributed by atoms with Crippen LogP contribution in [0.5, 0.6) is 0 Å². The van der Waals surface area contributed by atoms with Crippen molar-refractivity contribution in [3.8, 4) is 0 Å². The van der Waals surface area contributed by atoms with Crippen molar-refractivity contribution in [2.24, 2.45) is 4.99 Å². The normalized spacial score (nSPS) is 12.8. The standard InChI is InChI=1S/C22H23N3O4S/c1-3-29-21(27)18-14(2)17-19(26)24(12-10-16-13-23-16)22(28)25(20(17)30-18)11-9-15-7-5-4-6-8-15/h4-8H,3,9-13H2,1-2H3. The third-order valence-electron chi connectivity index (χ3n) is 5.23. The molecule has 0 aliphatic carbocycles. The summed E-state index contributed by atoms with van der Waals surface area (Å²) in [4.78, 5) is 43.9. The monoisotopic (exact) mass is 425 g/mol. The summed E-state index contributed by atoms with van der Waals surface area (Å²) in [6, 6.07) is 9.88. The van der Waals surface area contributed by atoms with E-state index < -0.39 is 5.97 Å². The molecule has 0 atom stereocenters. The van der Waals surface area contributed by atoms with Crippen LogP contribution in [0.15, 0.2) is 44.9 Å². The topological polar surface area (TPSA) is 82.7 Å². The fraction of sp³-hybridized carbons (Fsp3) is 0.364. The van der Waals surface area contributed by atoms with E-state index in [9.17, 15) is 14.4 Å². The molecule has 3 aromatic rings. The van der Waals surface area contributed by atoms with Gasteiger partial charge in [0, 0.05) is 25.2 Å². The third-order valence-corrected chi connectivity index (χ3v) is 6.52. The molecule has 0 unspecified atom stereocenters. The van der Waals surface area contributed by atoms with Crippen LogP contribution in [0.2, 0.25) is 0 Å². The molecule has 7 nitrogen and oxygen atoms in total. The molecule has 3 heterocycles. The van der Waals surface area contributed by atoms with E-state index in [0.717, 1.165) is 22.6 Å². The number of fused-ring (bicyclic) bond motifs is 1. The molecule has 1 aliphatic heterocycles. The first-order valence-electron chi connectivity index (χ1n) is 10.0. The lowest BCUT2D eigenvalue weighted by Gasteiger charge is -2.12. The quantitative estimate of drug-likeness (QED) is 0.520. The minimum absolute atomic E-state index is 0.250. The summed E-state index contributed by atoms with van der Waals surface area (Å²) in [5.41, 5.74) is 2.00. The molecule has 0 saturated carbocycles. The fourth-order valence-electron chi connectivity index (χ4n) is 3.52. The number of benzene rings is 1. The molecule has 0 radical (unpaired) electrons. The number of carbonyl (C=O) groups excluding carboxylic acids is 1. The number of nitrogens with zero attached hydrogens (tertiary/aromatic N) is 3. The van der Waals surface area contributed by atoms with Gasteiger partial charge in [0.1, 0.15) is 9.71 Å². The van der Waals surface area contributed by atoms with Gasteiger partial charge < -0.3 is 4.74 Å². The molecule has 0 N–H and O–H groups in total. The lowest BCUT2D eigenvalue weighted by molar-refractivity contribution is 0.0531. The Hall–Kier alpha value is -3.00. The minimum atomic E-state index is -0.462. The summed E-state index contributed by atoms with van der Waals surface area (Å²) in [5.74, 6) is -0.462. The number of hydrogen-bond acceptors (Lipinski definition) is 6. The van der Waals surface area contributed by atoms with Crippen molar-refractivity contribution in [3.05, 3.63) is 67.2 Å².